The summed E-state index contributed by atoms with van der Waals surface area (Å²) in [5.74, 6) is 0. The molecule has 0 bridgehead atoms. The predicted molar refractivity (Wildman–Crippen MR) is 75.1 cm³/mol. The number of nitrogens with one attached hydrogen (secondary N) is 1. The molecule has 0 aliphatic carbocycles. The third-order valence-corrected chi connectivity index (χ3v) is 3.98. The minimum absolute atomic E-state index is 0.569. The summed E-state index contributed by atoms with van der Waals surface area (Å²) in [5.41, 5.74) is 2.50. The van der Waals surface area contributed by atoms with Crippen LogP contribution in [-0.4, -0.2) is 25.7 Å². The zero-order valence-electron chi connectivity index (χ0n) is 10.7. The maximum atomic E-state index is 6.21. The molecule has 1 atom stereocenters. The average molecular weight is 253 g/mol. The van der Waals surface area contributed by atoms with Crippen molar-refractivity contribution in [1.29, 1.82) is 0 Å². The Morgan fingerprint density at radius 3 is 3.00 bits per heavy atom. The summed E-state index contributed by atoms with van der Waals surface area (Å²) in [6, 6.07) is 6.78. The van der Waals surface area contributed by atoms with Crippen LogP contribution in [0.4, 0.5) is 5.69 Å². The Morgan fingerprint density at radius 2 is 2.18 bits per heavy atom. The predicted octanol–water partition coefficient (Wildman–Crippen LogP) is 3.23. The SMILES string of the molecule is Cc1c(Cl)cccc1N1CCCNCCC1C. The van der Waals surface area contributed by atoms with Gasteiger partial charge in [0.15, 0.2) is 0 Å². The lowest BCUT2D eigenvalue weighted by atomic mass is 10.1. The molecule has 1 aliphatic heterocycles. The number of rotatable bonds is 1. The fourth-order valence-electron chi connectivity index (χ4n) is 2.45. The monoisotopic (exact) mass is 252 g/mol. The summed E-state index contributed by atoms with van der Waals surface area (Å²) in [4.78, 5) is 2.50. The van der Waals surface area contributed by atoms with Crippen molar-refractivity contribution >= 4 is 17.3 Å². The van der Waals surface area contributed by atoms with Crippen molar-refractivity contribution in [3.63, 3.8) is 0 Å². The van der Waals surface area contributed by atoms with Crippen molar-refractivity contribution in [3.05, 3.63) is 28.8 Å². The van der Waals surface area contributed by atoms with Crippen LogP contribution in [0.1, 0.15) is 25.3 Å². The molecule has 0 spiro atoms. The zero-order valence-corrected chi connectivity index (χ0v) is 11.4. The number of hydrogen-bond donors (Lipinski definition) is 1. The first kappa shape index (κ1) is 12.7. The van der Waals surface area contributed by atoms with Crippen molar-refractivity contribution in [3.8, 4) is 0 Å². The minimum Gasteiger partial charge on any atom is -0.368 e. The largest absolute Gasteiger partial charge is 0.368 e. The fourth-order valence-corrected chi connectivity index (χ4v) is 2.62. The van der Waals surface area contributed by atoms with Gasteiger partial charge >= 0.3 is 0 Å². The van der Waals surface area contributed by atoms with Gasteiger partial charge in [0.25, 0.3) is 0 Å². The molecular weight excluding hydrogens is 232 g/mol. The van der Waals surface area contributed by atoms with E-state index in [0.29, 0.717) is 6.04 Å². The van der Waals surface area contributed by atoms with Gasteiger partial charge in [-0.1, -0.05) is 17.7 Å². The highest BCUT2D eigenvalue weighted by molar-refractivity contribution is 6.31. The third-order valence-electron chi connectivity index (χ3n) is 3.57. The van der Waals surface area contributed by atoms with Crippen LogP contribution >= 0.6 is 11.6 Å². The lowest BCUT2D eigenvalue weighted by Gasteiger charge is -2.34. The Kier molecular flexibility index (Phi) is 4.30. The molecule has 2 rings (SSSR count). The summed E-state index contributed by atoms with van der Waals surface area (Å²) >= 11 is 6.21. The van der Waals surface area contributed by atoms with Crippen LogP contribution in [0.2, 0.25) is 5.02 Å². The van der Waals surface area contributed by atoms with E-state index in [4.69, 9.17) is 11.6 Å². The van der Waals surface area contributed by atoms with Gasteiger partial charge in [0.05, 0.1) is 0 Å². The summed E-state index contributed by atoms with van der Waals surface area (Å²) in [5, 5.41) is 4.33. The Labute approximate surface area is 109 Å². The van der Waals surface area contributed by atoms with Gasteiger partial charge in [-0.2, -0.15) is 0 Å². The van der Waals surface area contributed by atoms with E-state index in [9.17, 15) is 0 Å². The zero-order chi connectivity index (χ0) is 12.3. The van der Waals surface area contributed by atoms with Crippen LogP contribution in [0.5, 0.6) is 0 Å². The molecule has 1 heterocycles. The normalized spacial score (nSPS) is 22.1. The molecule has 1 saturated heterocycles. The van der Waals surface area contributed by atoms with Crippen molar-refractivity contribution in [2.45, 2.75) is 32.7 Å². The van der Waals surface area contributed by atoms with Crippen LogP contribution in [0.15, 0.2) is 18.2 Å². The molecule has 1 aromatic rings. The van der Waals surface area contributed by atoms with Crippen molar-refractivity contribution in [1.82, 2.24) is 5.32 Å². The minimum atomic E-state index is 0.569. The van der Waals surface area contributed by atoms with E-state index in [2.05, 4.69) is 36.2 Å². The molecule has 2 nitrogen and oxygen atoms in total. The highest BCUT2D eigenvalue weighted by atomic mass is 35.5. The highest BCUT2D eigenvalue weighted by Crippen LogP contribution is 2.28. The van der Waals surface area contributed by atoms with Crippen molar-refractivity contribution in [2.75, 3.05) is 24.5 Å². The van der Waals surface area contributed by atoms with Gasteiger partial charge in [-0.25, -0.2) is 0 Å². The maximum absolute atomic E-state index is 6.21. The Balaban J connectivity index is 2.25. The highest BCUT2D eigenvalue weighted by Gasteiger charge is 2.18. The number of halogens is 1. The number of anilines is 1. The van der Waals surface area contributed by atoms with Crippen LogP contribution in [0.3, 0.4) is 0 Å². The molecule has 94 valence electrons. The molecule has 1 aliphatic rings. The first-order chi connectivity index (χ1) is 8.20. The second-order valence-corrected chi connectivity index (χ2v) is 5.23. The van der Waals surface area contributed by atoms with Gasteiger partial charge < -0.3 is 10.2 Å². The van der Waals surface area contributed by atoms with Crippen LogP contribution in [0, 0.1) is 6.92 Å². The van der Waals surface area contributed by atoms with Gasteiger partial charge in [0.1, 0.15) is 0 Å². The van der Waals surface area contributed by atoms with Gasteiger partial charge in [-0.15, -0.1) is 0 Å². The summed E-state index contributed by atoms with van der Waals surface area (Å²) < 4.78 is 0. The quantitative estimate of drug-likeness (QED) is 0.826. The van der Waals surface area contributed by atoms with E-state index in [-0.39, 0.29) is 0 Å². The van der Waals surface area contributed by atoms with E-state index in [1.165, 1.54) is 24.1 Å². The molecule has 0 radical (unpaired) electrons. The second kappa shape index (κ2) is 5.74. The molecule has 1 unspecified atom stereocenters. The molecule has 1 N–H and O–H groups in total. The first-order valence-corrected chi connectivity index (χ1v) is 6.80. The number of nitrogens with zero attached hydrogens (tertiary/aromatic N) is 1. The maximum Gasteiger partial charge on any atom is 0.0455 e. The first-order valence-electron chi connectivity index (χ1n) is 6.42. The Morgan fingerprint density at radius 1 is 1.35 bits per heavy atom. The summed E-state index contributed by atoms with van der Waals surface area (Å²) in [7, 11) is 0. The molecule has 17 heavy (non-hydrogen) atoms. The van der Waals surface area contributed by atoms with E-state index >= 15 is 0 Å². The van der Waals surface area contributed by atoms with Gasteiger partial charge in [0, 0.05) is 23.3 Å². The Bertz CT molecular complexity index is 378. The molecule has 1 fully saturated rings. The molecule has 3 heteroatoms. The van der Waals surface area contributed by atoms with E-state index < -0.39 is 0 Å². The summed E-state index contributed by atoms with van der Waals surface area (Å²) in [6.07, 6.45) is 2.38. The van der Waals surface area contributed by atoms with Gasteiger partial charge in [-0.3, -0.25) is 0 Å². The molecule has 0 saturated carbocycles. The smallest absolute Gasteiger partial charge is 0.0455 e. The molecule has 0 amide bonds. The van der Waals surface area contributed by atoms with Crippen molar-refractivity contribution < 1.29 is 0 Å². The molecule has 0 aromatic heterocycles. The topological polar surface area (TPSA) is 15.3 Å². The van der Waals surface area contributed by atoms with Crippen molar-refractivity contribution in [2.24, 2.45) is 0 Å². The lowest BCUT2D eigenvalue weighted by molar-refractivity contribution is 0.499. The van der Waals surface area contributed by atoms with Crippen LogP contribution < -0.4 is 10.2 Å². The van der Waals surface area contributed by atoms with Gasteiger partial charge in [0.2, 0.25) is 0 Å². The lowest BCUT2D eigenvalue weighted by Crippen LogP contribution is -2.40. The standard InChI is InChI=1S/C14H21ClN2/c1-11-7-9-16-8-4-10-17(11)14-6-3-5-13(15)12(14)2/h3,5-6,11,16H,4,7-10H2,1-2H3. The Hall–Kier alpha value is -0.730. The number of benzene rings is 1. The fraction of sp³-hybridized carbons (Fsp3) is 0.571. The van der Waals surface area contributed by atoms with Gasteiger partial charge in [-0.05, 0) is 57.5 Å². The average Bonchev–Trinajstić information content (AvgIpc) is 2.29. The molecular formula is C14H21ClN2. The molecule has 1 aromatic carbocycles. The van der Waals surface area contributed by atoms with Crippen LogP contribution in [-0.2, 0) is 0 Å². The number of hydrogen-bond acceptors (Lipinski definition) is 2. The summed E-state index contributed by atoms with van der Waals surface area (Å²) in [6.45, 7) is 7.74. The van der Waals surface area contributed by atoms with E-state index in [1.54, 1.807) is 0 Å². The van der Waals surface area contributed by atoms with E-state index in [0.717, 1.165) is 24.7 Å². The second-order valence-electron chi connectivity index (χ2n) is 4.82. The van der Waals surface area contributed by atoms with Crippen LogP contribution in [0.25, 0.3) is 0 Å². The van der Waals surface area contributed by atoms with E-state index in [1.807, 2.05) is 6.07 Å². The third kappa shape index (κ3) is 2.93.